The highest BCUT2D eigenvalue weighted by atomic mass is 19.1. The Morgan fingerprint density at radius 3 is 2.77 bits per heavy atom. The third-order valence-electron chi connectivity index (χ3n) is 3.92. The minimum absolute atomic E-state index is 0.340. The average molecular weight is 353 g/mol. The van der Waals surface area contributed by atoms with Gasteiger partial charge in [-0.05, 0) is 36.8 Å². The Morgan fingerprint density at radius 1 is 1.27 bits per heavy atom. The molecule has 1 heterocycles. The lowest BCUT2D eigenvalue weighted by Gasteiger charge is -2.12. The molecule has 132 valence electrons. The number of rotatable bonds is 4. The van der Waals surface area contributed by atoms with E-state index in [0.717, 1.165) is 0 Å². The zero-order valence-electron chi connectivity index (χ0n) is 13.9. The van der Waals surface area contributed by atoms with Crippen LogP contribution in [-0.4, -0.2) is 21.8 Å². The van der Waals surface area contributed by atoms with Gasteiger partial charge in [0.05, 0.1) is 11.7 Å². The Morgan fingerprint density at radius 2 is 2.04 bits per heavy atom. The summed E-state index contributed by atoms with van der Waals surface area (Å²) >= 11 is 0. The average Bonchev–Trinajstić information content (AvgIpc) is 2.62. The molecule has 0 fully saturated rings. The van der Waals surface area contributed by atoms with Crippen molar-refractivity contribution in [2.75, 3.05) is 0 Å². The molecular weight excluding hydrogens is 337 g/mol. The Kier molecular flexibility index (Phi) is 4.79. The van der Waals surface area contributed by atoms with Crippen molar-refractivity contribution in [1.29, 1.82) is 0 Å². The van der Waals surface area contributed by atoms with Crippen molar-refractivity contribution in [2.45, 2.75) is 13.5 Å². The molecule has 7 heteroatoms. The minimum atomic E-state index is -0.840. The van der Waals surface area contributed by atoms with Gasteiger partial charge in [-0.3, -0.25) is 9.59 Å². The summed E-state index contributed by atoms with van der Waals surface area (Å²) in [6.45, 7) is 2.11. The standard InChI is InChI=1S/C19H16FN3O3/c1-2-23-15-9-4-3-8-14(15)17(24)16(19(23)26)18(25)22-21-11-12-6-5-7-13(20)10-12/h3-11,24H,2H2,1H3,(H,22,25)/b21-11+. The van der Waals surface area contributed by atoms with E-state index in [4.69, 9.17) is 0 Å². The van der Waals surface area contributed by atoms with Crippen LogP contribution in [0.1, 0.15) is 22.8 Å². The normalized spacial score (nSPS) is 11.2. The molecule has 0 aliphatic heterocycles. The molecule has 3 rings (SSSR count). The number of aromatic nitrogens is 1. The SMILES string of the molecule is CCn1c(=O)c(C(=O)N/N=C/c2cccc(F)c2)c(O)c2ccccc21. The molecule has 0 atom stereocenters. The number of amides is 1. The van der Waals surface area contributed by atoms with E-state index in [1.165, 1.54) is 29.0 Å². The van der Waals surface area contributed by atoms with E-state index in [2.05, 4.69) is 10.5 Å². The lowest BCUT2D eigenvalue weighted by Crippen LogP contribution is -2.31. The number of para-hydroxylation sites is 1. The second-order valence-electron chi connectivity index (χ2n) is 5.54. The first-order chi connectivity index (χ1) is 12.5. The van der Waals surface area contributed by atoms with Gasteiger partial charge < -0.3 is 9.67 Å². The fourth-order valence-electron chi connectivity index (χ4n) is 2.72. The summed E-state index contributed by atoms with van der Waals surface area (Å²) in [5.41, 5.74) is 2.19. The van der Waals surface area contributed by atoms with Gasteiger partial charge >= 0.3 is 0 Å². The monoisotopic (exact) mass is 353 g/mol. The molecule has 2 aromatic carbocycles. The summed E-state index contributed by atoms with van der Waals surface area (Å²) in [6.07, 6.45) is 1.25. The van der Waals surface area contributed by atoms with Gasteiger partial charge in [0, 0.05) is 11.9 Å². The molecule has 0 unspecified atom stereocenters. The maximum Gasteiger partial charge on any atom is 0.280 e. The number of pyridine rings is 1. The highest BCUT2D eigenvalue weighted by Crippen LogP contribution is 2.26. The molecule has 6 nitrogen and oxygen atoms in total. The van der Waals surface area contributed by atoms with Crippen molar-refractivity contribution in [3.63, 3.8) is 0 Å². The fraction of sp³-hybridized carbons (Fsp3) is 0.105. The predicted octanol–water partition coefficient (Wildman–Crippen LogP) is 2.63. The quantitative estimate of drug-likeness (QED) is 0.559. The summed E-state index contributed by atoms with van der Waals surface area (Å²) in [7, 11) is 0. The molecule has 0 saturated heterocycles. The van der Waals surface area contributed by atoms with Gasteiger partial charge in [-0.25, -0.2) is 9.82 Å². The number of aromatic hydroxyl groups is 1. The largest absolute Gasteiger partial charge is 0.506 e. The van der Waals surface area contributed by atoms with Gasteiger partial charge in [0.25, 0.3) is 11.5 Å². The highest BCUT2D eigenvalue weighted by molar-refractivity contribution is 6.02. The summed E-state index contributed by atoms with van der Waals surface area (Å²) in [6, 6.07) is 12.4. The van der Waals surface area contributed by atoms with E-state index in [1.54, 1.807) is 37.3 Å². The first-order valence-corrected chi connectivity index (χ1v) is 7.96. The first-order valence-electron chi connectivity index (χ1n) is 7.96. The molecule has 0 aliphatic rings. The molecule has 0 spiro atoms. The van der Waals surface area contributed by atoms with E-state index >= 15 is 0 Å². The van der Waals surface area contributed by atoms with E-state index in [-0.39, 0.29) is 5.56 Å². The highest BCUT2D eigenvalue weighted by Gasteiger charge is 2.21. The summed E-state index contributed by atoms with van der Waals surface area (Å²) < 4.78 is 14.5. The van der Waals surface area contributed by atoms with Crippen LogP contribution in [-0.2, 0) is 6.54 Å². The minimum Gasteiger partial charge on any atom is -0.506 e. The predicted molar refractivity (Wildman–Crippen MR) is 97.0 cm³/mol. The number of fused-ring (bicyclic) bond motifs is 1. The van der Waals surface area contributed by atoms with Gasteiger partial charge in [-0.2, -0.15) is 5.10 Å². The van der Waals surface area contributed by atoms with Crippen LogP contribution in [0.2, 0.25) is 0 Å². The number of carbonyl (C=O) groups is 1. The number of hydrogen-bond acceptors (Lipinski definition) is 4. The Balaban J connectivity index is 1.97. The summed E-state index contributed by atoms with van der Waals surface area (Å²) in [5, 5.41) is 14.5. The van der Waals surface area contributed by atoms with Crippen molar-refractivity contribution in [3.05, 3.63) is 75.8 Å². The van der Waals surface area contributed by atoms with Gasteiger partial charge in [0.2, 0.25) is 0 Å². The van der Waals surface area contributed by atoms with Crippen LogP contribution in [0.25, 0.3) is 10.9 Å². The second-order valence-corrected chi connectivity index (χ2v) is 5.54. The Bertz CT molecular complexity index is 1070. The number of halogens is 1. The van der Waals surface area contributed by atoms with Crippen molar-refractivity contribution < 1.29 is 14.3 Å². The molecular formula is C19H16FN3O3. The van der Waals surface area contributed by atoms with E-state index in [9.17, 15) is 19.1 Å². The van der Waals surface area contributed by atoms with Gasteiger partial charge in [0.1, 0.15) is 17.1 Å². The Labute approximate surface area is 148 Å². The van der Waals surface area contributed by atoms with Crippen molar-refractivity contribution in [1.82, 2.24) is 9.99 Å². The maximum atomic E-state index is 13.1. The Hall–Kier alpha value is -3.48. The maximum absolute atomic E-state index is 13.1. The smallest absolute Gasteiger partial charge is 0.280 e. The zero-order chi connectivity index (χ0) is 18.7. The first kappa shape index (κ1) is 17.3. The number of nitrogens with one attached hydrogen (secondary N) is 1. The molecule has 1 aromatic heterocycles. The number of benzene rings is 2. The molecule has 0 radical (unpaired) electrons. The topological polar surface area (TPSA) is 83.7 Å². The molecule has 26 heavy (non-hydrogen) atoms. The van der Waals surface area contributed by atoms with E-state index in [1.807, 2.05) is 0 Å². The number of nitrogens with zero attached hydrogens (tertiary/aromatic N) is 2. The molecule has 0 aliphatic carbocycles. The lowest BCUT2D eigenvalue weighted by atomic mass is 10.1. The summed E-state index contributed by atoms with van der Waals surface area (Å²) in [5.74, 6) is -1.67. The number of hydrazone groups is 1. The van der Waals surface area contributed by atoms with Crippen molar-refractivity contribution in [2.24, 2.45) is 5.10 Å². The fourth-order valence-corrected chi connectivity index (χ4v) is 2.72. The van der Waals surface area contributed by atoms with Crippen LogP contribution in [0.3, 0.4) is 0 Å². The molecule has 2 N–H and O–H groups in total. The van der Waals surface area contributed by atoms with Crippen LogP contribution in [0.4, 0.5) is 4.39 Å². The molecule has 0 saturated carbocycles. The van der Waals surface area contributed by atoms with Crippen LogP contribution in [0.5, 0.6) is 5.75 Å². The molecule has 3 aromatic rings. The lowest BCUT2D eigenvalue weighted by molar-refractivity contribution is 0.0950. The summed E-state index contributed by atoms with van der Waals surface area (Å²) in [4.78, 5) is 25.0. The third-order valence-corrected chi connectivity index (χ3v) is 3.92. The van der Waals surface area contributed by atoms with Gasteiger partial charge in [0.15, 0.2) is 0 Å². The van der Waals surface area contributed by atoms with Crippen LogP contribution < -0.4 is 11.0 Å². The van der Waals surface area contributed by atoms with Crippen LogP contribution >= 0.6 is 0 Å². The molecule has 1 amide bonds. The number of hydrogen-bond donors (Lipinski definition) is 2. The van der Waals surface area contributed by atoms with Gasteiger partial charge in [-0.15, -0.1) is 0 Å². The third kappa shape index (κ3) is 3.19. The number of carbonyl (C=O) groups excluding carboxylic acids is 1. The second kappa shape index (κ2) is 7.18. The van der Waals surface area contributed by atoms with Crippen molar-refractivity contribution in [3.8, 4) is 5.75 Å². The van der Waals surface area contributed by atoms with Crippen molar-refractivity contribution >= 4 is 23.0 Å². The number of aryl methyl sites for hydroxylation is 1. The van der Waals surface area contributed by atoms with Crippen LogP contribution in [0.15, 0.2) is 58.4 Å². The molecule has 0 bridgehead atoms. The van der Waals surface area contributed by atoms with Crippen LogP contribution in [0, 0.1) is 5.82 Å². The van der Waals surface area contributed by atoms with E-state index < -0.39 is 23.0 Å². The van der Waals surface area contributed by atoms with E-state index in [0.29, 0.717) is 23.0 Å². The van der Waals surface area contributed by atoms with Gasteiger partial charge in [-0.1, -0.05) is 24.3 Å². The zero-order valence-corrected chi connectivity index (χ0v) is 13.9.